The Balaban J connectivity index is 1.93. The van der Waals surface area contributed by atoms with Gasteiger partial charge in [-0.05, 0) is 18.1 Å². The fourth-order valence-corrected chi connectivity index (χ4v) is 3.71. The molecule has 1 aromatic heterocycles. The lowest BCUT2D eigenvalue weighted by atomic mass is 9.88. The minimum atomic E-state index is -0.777. The molecule has 1 N–H and O–H groups in total. The number of carbonyl (C=O) groups excluding carboxylic acids is 1. The Kier molecular flexibility index (Phi) is 2.74. The van der Waals surface area contributed by atoms with Gasteiger partial charge in [-0.2, -0.15) is 0 Å². The second-order valence-corrected chi connectivity index (χ2v) is 5.80. The van der Waals surface area contributed by atoms with Crippen LogP contribution in [-0.4, -0.2) is 23.7 Å². The monoisotopic (exact) mass is 290 g/mol. The van der Waals surface area contributed by atoms with E-state index in [9.17, 15) is 9.59 Å². The summed E-state index contributed by atoms with van der Waals surface area (Å²) < 4.78 is 13.3. The number of ether oxygens (including phenoxy) is 2. The van der Waals surface area contributed by atoms with Crippen LogP contribution in [0.1, 0.15) is 42.5 Å². The van der Waals surface area contributed by atoms with Gasteiger partial charge in [-0.1, -0.05) is 6.92 Å². The van der Waals surface area contributed by atoms with Crippen molar-refractivity contribution in [1.29, 1.82) is 0 Å². The van der Waals surface area contributed by atoms with Crippen molar-refractivity contribution in [3.05, 3.63) is 33.2 Å². The first-order valence-corrected chi connectivity index (χ1v) is 7.49. The number of aromatic nitrogens is 1. The van der Waals surface area contributed by atoms with Crippen molar-refractivity contribution in [2.24, 2.45) is 0 Å². The highest BCUT2D eigenvalue weighted by Crippen LogP contribution is 2.41. The second-order valence-electron chi connectivity index (χ2n) is 5.80. The summed E-state index contributed by atoms with van der Waals surface area (Å²) in [5, 5.41) is 2.82. The summed E-state index contributed by atoms with van der Waals surface area (Å²) >= 11 is 0. The number of rotatable bonds is 1. The summed E-state index contributed by atoms with van der Waals surface area (Å²) in [6, 6.07) is 1.96. The fraction of sp³-hybridized carbons (Fsp3) is 0.600. The summed E-state index contributed by atoms with van der Waals surface area (Å²) in [4.78, 5) is 24.7. The molecule has 3 aliphatic heterocycles. The summed E-state index contributed by atoms with van der Waals surface area (Å²) in [6.45, 7) is 3.97. The van der Waals surface area contributed by atoms with Crippen LogP contribution in [0.15, 0.2) is 10.9 Å². The third-order valence-electron chi connectivity index (χ3n) is 4.78. The number of hydrogen-bond donors (Lipinski definition) is 1. The van der Waals surface area contributed by atoms with Gasteiger partial charge in [0.1, 0.15) is 0 Å². The summed E-state index contributed by atoms with van der Waals surface area (Å²) in [7, 11) is 0. The van der Waals surface area contributed by atoms with E-state index < -0.39 is 5.79 Å². The lowest BCUT2D eigenvalue weighted by molar-refractivity contribution is -0.163. The molecule has 1 fully saturated rings. The molecule has 1 saturated heterocycles. The van der Waals surface area contributed by atoms with Crippen molar-refractivity contribution in [2.45, 2.75) is 44.6 Å². The number of hydrogen-bond acceptors (Lipinski definition) is 4. The molecule has 6 heteroatoms. The van der Waals surface area contributed by atoms with E-state index in [1.165, 1.54) is 0 Å². The topological polar surface area (TPSA) is 69.6 Å². The smallest absolute Gasteiger partial charge is 0.256 e. The molecule has 1 spiro atoms. The van der Waals surface area contributed by atoms with Crippen molar-refractivity contribution >= 4 is 5.91 Å². The van der Waals surface area contributed by atoms with Crippen LogP contribution in [0.4, 0.5) is 0 Å². The van der Waals surface area contributed by atoms with Crippen LogP contribution in [0.3, 0.4) is 0 Å². The van der Waals surface area contributed by atoms with Gasteiger partial charge in [0.15, 0.2) is 0 Å². The van der Waals surface area contributed by atoms with Crippen LogP contribution in [0.5, 0.6) is 0 Å². The standard InChI is InChI=1S/C15H18N2O4/c1-2-9-10-7-12-15(20-5-6-21-15)3-4-17(12)14(19)11(10)8-16-13(9)18/h7,9H,2-6,8H2,1H3,(H,16,18). The largest absolute Gasteiger partial charge is 0.351 e. The highest BCUT2D eigenvalue weighted by molar-refractivity contribution is 5.85. The zero-order chi connectivity index (χ0) is 14.6. The highest BCUT2D eigenvalue weighted by Gasteiger charge is 2.46. The molecular weight excluding hydrogens is 272 g/mol. The molecule has 4 heterocycles. The van der Waals surface area contributed by atoms with E-state index in [0.29, 0.717) is 44.7 Å². The predicted octanol–water partition coefficient (Wildman–Crippen LogP) is 0.575. The van der Waals surface area contributed by atoms with E-state index in [-0.39, 0.29) is 17.4 Å². The van der Waals surface area contributed by atoms with Gasteiger partial charge in [0.25, 0.3) is 5.56 Å². The molecule has 1 aromatic rings. The van der Waals surface area contributed by atoms with Gasteiger partial charge in [0.05, 0.1) is 24.8 Å². The van der Waals surface area contributed by atoms with Gasteiger partial charge >= 0.3 is 0 Å². The minimum Gasteiger partial charge on any atom is -0.351 e. The first kappa shape index (κ1) is 13.0. The normalized spacial score (nSPS) is 25.8. The second kappa shape index (κ2) is 4.42. The molecule has 112 valence electrons. The lowest BCUT2D eigenvalue weighted by Crippen LogP contribution is -2.40. The Labute approximate surface area is 122 Å². The van der Waals surface area contributed by atoms with Crippen LogP contribution < -0.4 is 10.9 Å². The van der Waals surface area contributed by atoms with E-state index in [0.717, 1.165) is 11.3 Å². The molecule has 0 saturated carbocycles. The van der Waals surface area contributed by atoms with E-state index in [1.54, 1.807) is 4.57 Å². The summed E-state index contributed by atoms with van der Waals surface area (Å²) in [5.74, 6) is -1.04. The number of amides is 1. The summed E-state index contributed by atoms with van der Waals surface area (Å²) in [5.41, 5.74) is 2.31. The maximum Gasteiger partial charge on any atom is 0.256 e. The van der Waals surface area contributed by atoms with Crippen LogP contribution >= 0.6 is 0 Å². The molecule has 3 aliphatic rings. The van der Waals surface area contributed by atoms with Gasteiger partial charge in [0, 0.05) is 25.1 Å². The van der Waals surface area contributed by atoms with Crippen LogP contribution in [0, 0.1) is 0 Å². The number of pyridine rings is 1. The zero-order valence-corrected chi connectivity index (χ0v) is 12.0. The first-order valence-electron chi connectivity index (χ1n) is 7.49. The SMILES string of the molecule is CCC1C(=O)NCc2c1cc1n(c2=O)CCC12OCCO2. The molecular formula is C15H18N2O4. The van der Waals surface area contributed by atoms with E-state index in [1.807, 2.05) is 13.0 Å². The van der Waals surface area contributed by atoms with Crippen molar-refractivity contribution < 1.29 is 14.3 Å². The first-order chi connectivity index (χ1) is 10.2. The van der Waals surface area contributed by atoms with Gasteiger partial charge in [0.2, 0.25) is 11.7 Å². The quantitative estimate of drug-likeness (QED) is 0.821. The zero-order valence-electron chi connectivity index (χ0n) is 12.0. The van der Waals surface area contributed by atoms with Crippen molar-refractivity contribution in [3.8, 4) is 0 Å². The number of nitrogens with one attached hydrogen (secondary N) is 1. The van der Waals surface area contributed by atoms with Crippen molar-refractivity contribution in [1.82, 2.24) is 9.88 Å². The molecule has 4 rings (SSSR count). The number of nitrogens with zero attached hydrogens (tertiary/aromatic N) is 1. The molecule has 1 amide bonds. The summed E-state index contributed by atoms with van der Waals surface area (Å²) in [6.07, 6.45) is 1.33. The Hall–Kier alpha value is -1.66. The van der Waals surface area contributed by atoms with Crippen LogP contribution in [0.2, 0.25) is 0 Å². The van der Waals surface area contributed by atoms with Gasteiger partial charge in [-0.3, -0.25) is 9.59 Å². The van der Waals surface area contributed by atoms with Gasteiger partial charge < -0.3 is 19.4 Å². The highest BCUT2D eigenvalue weighted by atomic mass is 16.7. The Morgan fingerprint density at radius 1 is 1.38 bits per heavy atom. The minimum absolute atomic E-state index is 0.00495. The molecule has 21 heavy (non-hydrogen) atoms. The van der Waals surface area contributed by atoms with Crippen molar-refractivity contribution in [3.63, 3.8) is 0 Å². The maximum absolute atomic E-state index is 12.7. The van der Waals surface area contributed by atoms with E-state index in [4.69, 9.17) is 9.47 Å². The number of carbonyl (C=O) groups is 1. The molecule has 0 aliphatic carbocycles. The van der Waals surface area contributed by atoms with Crippen LogP contribution in [-0.2, 0) is 33.1 Å². The molecule has 0 bridgehead atoms. The van der Waals surface area contributed by atoms with Crippen LogP contribution in [0.25, 0.3) is 0 Å². The Bertz CT molecular complexity index is 673. The molecule has 1 unspecified atom stereocenters. The lowest BCUT2D eigenvalue weighted by Gasteiger charge is -2.27. The van der Waals surface area contributed by atoms with Gasteiger partial charge in [-0.15, -0.1) is 0 Å². The Morgan fingerprint density at radius 2 is 2.14 bits per heavy atom. The average molecular weight is 290 g/mol. The molecule has 0 aromatic carbocycles. The van der Waals surface area contributed by atoms with Gasteiger partial charge in [-0.25, -0.2) is 0 Å². The van der Waals surface area contributed by atoms with E-state index >= 15 is 0 Å². The molecule has 1 atom stereocenters. The third-order valence-corrected chi connectivity index (χ3v) is 4.78. The maximum atomic E-state index is 12.7. The number of fused-ring (bicyclic) bond motifs is 3. The Morgan fingerprint density at radius 3 is 2.86 bits per heavy atom. The fourth-order valence-electron chi connectivity index (χ4n) is 3.71. The molecule has 6 nitrogen and oxygen atoms in total. The molecule has 0 radical (unpaired) electrons. The van der Waals surface area contributed by atoms with E-state index in [2.05, 4.69) is 5.32 Å². The van der Waals surface area contributed by atoms with Crippen molar-refractivity contribution in [2.75, 3.05) is 13.2 Å². The third kappa shape index (κ3) is 1.66. The average Bonchev–Trinajstić information content (AvgIpc) is 3.09. The predicted molar refractivity (Wildman–Crippen MR) is 73.8 cm³/mol.